The molecule has 0 unspecified atom stereocenters. The van der Waals surface area contributed by atoms with Gasteiger partial charge in [0.15, 0.2) is 16.4 Å². The van der Waals surface area contributed by atoms with Crippen LogP contribution in [0.3, 0.4) is 0 Å². The van der Waals surface area contributed by atoms with Crippen molar-refractivity contribution in [3.8, 4) is 5.75 Å². The largest absolute Gasteiger partial charge is 0.483 e. The Morgan fingerprint density at radius 2 is 1.74 bits per heavy atom. The Balaban J connectivity index is 1.66. The average molecular weight is 668 g/mol. The van der Waals surface area contributed by atoms with Crippen molar-refractivity contribution in [2.45, 2.75) is 66.9 Å². The standard InChI is InChI=1S/C34H41N3O7S2/c1-4-6-17-34(5-2)22-46(42,43)28-19-26(27(45-3)18-25(28)31(37-34)23-13-9-7-10-14-23)44-21-29(38)36-32(24-15-11-8-12-16-24)33(41)35-20-30(39)40/h7-16,18-19,31-32,37H,4-6,17,20-22H2,1-3H3,(H,35,41)(H,36,38)(H,39,40)/t31-,32+,34-/m0/s1. The number of carbonyl (C=O) groups excluding carboxylic acids is 2. The van der Waals surface area contributed by atoms with E-state index in [1.54, 1.807) is 30.3 Å². The molecule has 0 spiro atoms. The number of amides is 2. The molecule has 4 N–H and O–H groups in total. The Morgan fingerprint density at radius 1 is 1.07 bits per heavy atom. The molecule has 0 aliphatic carbocycles. The van der Waals surface area contributed by atoms with Gasteiger partial charge in [0.1, 0.15) is 18.3 Å². The summed E-state index contributed by atoms with van der Waals surface area (Å²) in [5.41, 5.74) is 1.39. The van der Waals surface area contributed by atoms with Crippen LogP contribution in [0.4, 0.5) is 0 Å². The molecule has 246 valence electrons. The Bertz CT molecular complexity index is 1640. The van der Waals surface area contributed by atoms with E-state index in [4.69, 9.17) is 9.84 Å². The van der Waals surface area contributed by atoms with Gasteiger partial charge >= 0.3 is 5.97 Å². The van der Waals surface area contributed by atoms with Crippen molar-refractivity contribution >= 4 is 39.4 Å². The first-order chi connectivity index (χ1) is 22.0. The Hall–Kier alpha value is -3.87. The zero-order valence-electron chi connectivity index (χ0n) is 26.2. The molecule has 3 aromatic carbocycles. The first-order valence-corrected chi connectivity index (χ1v) is 18.1. The second kappa shape index (κ2) is 15.6. The van der Waals surface area contributed by atoms with E-state index in [0.29, 0.717) is 28.9 Å². The smallest absolute Gasteiger partial charge is 0.322 e. The molecule has 0 aromatic heterocycles. The number of carbonyl (C=O) groups is 3. The van der Waals surface area contributed by atoms with Gasteiger partial charge in [-0.15, -0.1) is 11.8 Å². The number of hydrogen-bond acceptors (Lipinski definition) is 8. The molecule has 1 aliphatic rings. The topological polar surface area (TPSA) is 151 Å². The molecule has 12 heteroatoms. The van der Waals surface area contributed by atoms with Crippen molar-refractivity contribution in [3.63, 3.8) is 0 Å². The van der Waals surface area contributed by atoms with Gasteiger partial charge in [-0.3, -0.25) is 19.7 Å². The van der Waals surface area contributed by atoms with E-state index in [-0.39, 0.29) is 22.4 Å². The van der Waals surface area contributed by atoms with Crippen LogP contribution in [0.25, 0.3) is 0 Å². The number of sulfone groups is 1. The second-order valence-corrected chi connectivity index (χ2v) is 14.1. The fourth-order valence-electron chi connectivity index (χ4n) is 5.70. The zero-order valence-corrected chi connectivity index (χ0v) is 27.9. The molecule has 0 saturated carbocycles. The third-order valence-electron chi connectivity index (χ3n) is 8.15. The number of hydrogen-bond donors (Lipinski definition) is 4. The van der Waals surface area contributed by atoms with Gasteiger partial charge in [0.05, 0.1) is 16.7 Å². The summed E-state index contributed by atoms with van der Waals surface area (Å²) in [5.74, 6) is -2.39. The Morgan fingerprint density at radius 3 is 2.35 bits per heavy atom. The number of nitrogens with one attached hydrogen (secondary N) is 3. The Kier molecular flexibility index (Phi) is 11.9. The van der Waals surface area contributed by atoms with Crippen LogP contribution in [-0.2, 0) is 24.2 Å². The molecule has 3 atom stereocenters. The normalized spacial score (nSPS) is 19.2. The van der Waals surface area contributed by atoms with Gasteiger partial charge in [0.2, 0.25) is 5.91 Å². The fraction of sp³-hybridized carbons (Fsp3) is 0.382. The first kappa shape index (κ1) is 35.0. The van der Waals surface area contributed by atoms with E-state index < -0.39 is 52.4 Å². The van der Waals surface area contributed by atoms with Crippen molar-refractivity contribution in [3.05, 3.63) is 89.5 Å². The summed E-state index contributed by atoms with van der Waals surface area (Å²) in [7, 11) is -3.79. The average Bonchev–Trinajstić information content (AvgIpc) is 3.16. The molecule has 0 radical (unpaired) electrons. The van der Waals surface area contributed by atoms with Crippen LogP contribution in [0.5, 0.6) is 5.75 Å². The predicted octanol–water partition coefficient (Wildman–Crippen LogP) is 4.65. The lowest BCUT2D eigenvalue weighted by atomic mass is 9.88. The summed E-state index contributed by atoms with van der Waals surface area (Å²) in [6, 6.07) is 20.0. The summed E-state index contributed by atoms with van der Waals surface area (Å²) >= 11 is 1.37. The van der Waals surface area contributed by atoms with E-state index in [0.717, 1.165) is 18.4 Å². The number of carboxylic acid groups (broad SMARTS) is 1. The van der Waals surface area contributed by atoms with Gasteiger partial charge in [0, 0.05) is 16.5 Å². The van der Waals surface area contributed by atoms with Crippen LogP contribution >= 0.6 is 11.8 Å². The molecule has 2 amide bonds. The van der Waals surface area contributed by atoms with Crippen molar-refractivity contribution in [2.75, 3.05) is 25.2 Å². The van der Waals surface area contributed by atoms with Crippen LogP contribution in [0.2, 0.25) is 0 Å². The maximum atomic E-state index is 14.1. The van der Waals surface area contributed by atoms with Gasteiger partial charge in [-0.2, -0.15) is 0 Å². The molecular weight excluding hydrogens is 627 g/mol. The van der Waals surface area contributed by atoms with E-state index in [2.05, 4.69) is 22.9 Å². The Labute approximate surface area is 274 Å². The van der Waals surface area contributed by atoms with Gasteiger partial charge < -0.3 is 20.5 Å². The number of fused-ring (bicyclic) bond motifs is 1. The predicted molar refractivity (Wildman–Crippen MR) is 178 cm³/mol. The third-order valence-corrected chi connectivity index (χ3v) is 10.9. The summed E-state index contributed by atoms with van der Waals surface area (Å²) in [5, 5.41) is 17.7. The van der Waals surface area contributed by atoms with Gasteiger partial charge in [0.25, 0.3) is 5.91 Å². The molecule has 3 aromatic rings. The number of benzene rings is 3. The number of thioether (sulfide) groups is 1. The monoisotopic (exact) mass is 667 g/mol. The van der Waals surface area contributed by atoms with Crippen LogP contribution in [0.1, 0.15) is 68.3 Å². The van der Waals surface area contributed by atoms with Crippen LogP contribution in [0.15, 0.2) is 82.6 Å². The molecule has 1 heterocycles. The molecule has 10 nitrogen and oxygen atoms in total. The van der Waals surface area contributed by atoms with E-state index in [1.165, 1.54) is 17.8 Å². The fourth-order valence-corrected chi connectivity index (χ4v) is 8.40. The maximum absolute atomic E-state index is 14.1. The number of aliphatic carboxylic acids is 1. The first-order valence-electron chi connectivity index (χ1n) is 15.3. The van der Waals surface area contributed by atoms with Crippen LogP contribution in [-0.4, -0.2) is 62.0 Å². The summed E-state index contributed by atoms with van der Waals surface area (Å²) in [6.07, 6.45) is 5.01. The van der Waals surface area contributed by atoms with Gasteiger partial charge in [-0.05, 0) is 41.9 Å². The van der Waals surface area contributed by atoms with E-state index in [9.17, 15) is 22.8 Å². The van der Waals surface area contributed by atoms with Gasteiger partial charge in [-0.25, -0.2) is 8.42 Å². The van der Waals surface area contributed by atoms with Gasteiger partial charge in [-0.1, -0.05) is 87.4 Å². The quantitative estimate of drug-likeness (QED) is 0.180. The van der Waals surface area contributed by atoms with Crippen LogP contribution < -0.4 is 20.7 Å². The molecule has 0 saturated heterocycles. The minimum atomic E-state index is -3.79. The van der Waals surface area contributed by atoms with E-state index >= 15 is 0 Å². The molecule has 4 rings (SSSR count). The van der Waals surface area contributed by atoms with Crippen molar-refractivity contribution < 1.29 is 32.6 Å². The van der Waals surface area contributed by atoms with Crippen molar-refractivity contribution in [2.24, 2.45) is 0 Å². The molecule has 0 fully saturated rings. The highest BCUT2D eigenvalue weighted by Gasteiger charge is 2.42. The highest BCUT2D eigenvalue weighted by molar-refractivity contribution is 7.98. The SMILES string of the molecule is CCCC[C@@]1(CC)CS(=O)(=O)c2cc(OCC(=O)N[C@@H](C(=O)NCC(=O)O)c3ccccc3)c(SC)cc2[C@H](c2ccccc2)N1. The van der Waals surface area contributed by atoms with Crippen molar-refractivity contribution in [1.82, 2.24) is 16.0 Å². The maximum Gasteiger partial charge on any atom is 0.322 e. The molecule has 46 heavy (non-hydrogen) atoms. The minimum absolute atomic E-state index is 0.0738. The third kappa shape index (κ3) is 8.48. The lowest BCUT2D eigenvalue weighted by Gasteiger charge is -2.36. The number of ether oxygens (including phenoxy) is 1. The summed E-state index contributed by atoms with van der Waals surface area (Å²) < 4.78 is 34.2. The molecular formula is C34H41N3O7S2. The minimum Gasteiger partial charge on any atom is -0.483 e. The second-order valence-electron chi connectivity index (χ2n) is 11.3. The number of carboxylic acids is 1. The summed E-state index contributed by atoms with van der Waals surface area (Å²) in [6.45, 7) is 3.00. The lowest BCUT2D eigenvalue weighted by molar-refractivity contribution is -0.138. The van der Waals surface area contributed by atoms with E-state index in [1.807, 2.05) is 49.6 Å². The molecule has 1 aliphatic heterocycles. The summed E-state index contributed by atoms with van der Waals surface area (Å²) in [4.78, 5) is 37.7. The lowest BCUT2D eigenvalue weighted by Crippen LogP contribution is -2.50. The van der Waals surface area contributed by atoms with Crippen molar-refractivity contribution in [1.29, 1.82) is 0 Å². The van der Waals surface area contributed by atoms with Crippen LogP contribution in [0, 0.1) is 0 Å². The highest BCUT2D eigenvalue weighted by Crippen LogP contribution is 2.42. The number of unbranched alkanes of at least 4 members (excludes halogenated alkanes) is 1. The highest BCUT2D eigenvalue weighted by atomic mass is 32.2. The molecule has 0 bridgehead atoms. The zero-order chi connectivity index (χ0) is 33.3. The number of rotatable bonds is 14.